The number of β-amino-alcohol motifs (C(OH)–C–C–N with tert-alkyl or cyclic N) is 1. The van der Waals surface area contributed by atoms with Crippen LogP contribution in [0.2, 0.25) is 0 Å². The van der Waals surface area contributed by atoms with Crippen LogP contribution in [-0.4, -0.2) is 78.1 Å². The molecule has 0 spiro atoms. The molecule has 8 heteroatoms. The number of methoxy groups -OCH3 is 1. The van der Waals surface area contributed by atoms with Gasteiger partial charge >= 0.3 is 6.03 Å². The number of aliphatic hydroxyl groups excluding tert-OH is 1. The van der Waals surface area contributed by atoms with Crippen LogP contribution in [0.15, 0.2) is 48.5 Å². The van der Waals surface area contributed by atoms with Crippen molar-refractivity contribution in [1.29, 1.82) is 0 Å². The molecule has 8 nitrogen and oxygen atoms in total. The molecule has 0 aromatic heterocycles. The Labute approximate surface area is 220 Å². The lowest BCUT2D eigenvalue weighted by molar-refractivity contribution is -0.0577. The smallest absolute Gasteiger partial charge is 0.320 e. The maximum absolute atomic E-state index is 13.3. The molecule has 37 heavy (non-hydrogen) atoms. The van der Waals surface area contributed by atoms with Gasteiger partial charge in [0.15, 0.2) is 0 Å². The normalized spacial score (nSPS) is 23.6. The van der Waals surface area contributed by atoms with Crippen LogP contribution in [0, 0.1) is 12.8 Å². The van der Waals surface area contributed by atoms with Crippen molar-refractivity contribution < 1.29 is 24.5 Å². The summed E-state index contributed by atoms with van der Waals surface area (Å²) in [7, 11) is 1.68. The van der Waals surface area contributed by atoms with Crippen molar-refractivity contribution in [2.45, 2.75) is 56.8 Å². The fourth-order valence-electron chi connectivity index (χ4n) is 5.56. The Hall–Kier alpha value is -2.65. The number of rotatable bonds is 9. The number of aryl methyl sites for hydroxylation is 1. The van der Waals surface area contributed by atoms with Crippen LogP contribution in [0.3, 0.4) is 0 Å². The van der Waals surface area contributed by atoms with Gasteiger partial charge < -0.3 is 35.2 Å². The molecule has 2 fully saturated rings. The van der Waals surface area contributed by atoms with E-state index in [1.165, 1.54) is 0 Å². The van der Waals surface area contributed by atoms with Crippen molar-refractivity contribution in [2.24, 2.45) is 11.7 Å². The minimum absolute atomic E-state index is 0.116. The van der Waals surface area contributed by atoms with Crippen LogP contribution >= 0.6 is 0 Å². The summed E-state index contributed by atoms with van der Waals surface area (Å²) >= 11 is 0. The third kappa shape index (κ3) is 6.44. The number of para-hydroxylation sites is 1. The van der Waals surface area contributed by atoms with Gasteiger partial charge in [0, 0.05) is 51.9 Å². The largest absolute Gasteiger partial charge is 0.457 e. The van der Waals surface area contributed by atoms with E-state index in [9.17, 15) is 15.0 Å². The van der Waals surface area contributed by atoms with Crippen LogP contribution in [-0.2, 0) is 10.3 Å². The van der Waals surface area contributed by atoms with Gasteiger partial charge in [-0.1, -0.05) is 30.3 Å². The van der Waals surface area contributed by atoms with E-state index in [0.29, 0.717) is 38.4 Å². The first-order valence-electron chi connectivity index (χ1n) is 13.3. The number of piperidine rings is 1. The first-order valence-corrected chi connectivity index (χ1v) is 13.3. The number of carbonyl (C=O) groups excluding carboxylic acids is 1. The van der Waals surface area contributed by atoms with Crippen molar-refractivity contribution in [2.75, 3.05) is 39.9 Å². The molecule has 0 saturated carbocycles. The van der Waals surface area contributed by atoms with Crippen molar-refractivity contribution in [3.05, 3.63) is 59.7 Å². The van der Waals surface area contributed by atoms with Crippen molar-refractivity contribution in [3.8, 4) is 11.5 Å². The Morgan fingerprint density at radius 3 is 2.65 bits per heavy atom. The average Bonchev–Trinajstić information content (AvgIpc) is 3.25. The molecule has 0 unspecified atom stereocenters. The summed E-state index contributed by atoms with van der Waals surface area (Å²) in [6.45, 7) is 4.32. The first kappa shape index (κ1) is 27.4. The molecule has 4 atom stereocenters. The Morgan fingerprint density at radius 2 is 1.92 bits per heavy atom. The number of unbranched alkanes of at least 4 members (excludes halogenated alkanes) is 1. The monoisotopic (exact) mass is 511 g/mol. The molecule has 0 aliphatic carbocycles. The second-order valence-corrected chi connectivity index (χ2v) is 10.5. The Kier molecular flexibility index (Phi) is 9.08. The summed E-state index contributed by atoms with van der Waals surface area (Å²) in [5.41, 5.74) is 6.65. The van der Waals surface area contributed by atoms with E-state index in [0.717, 1.165) is 42.6 Å². The summed E-state index contributed by atoms with van der Waals surface area (Å²) < 4.78 is 11.4. The van der Waals surface area contributed by atoms with Crippen molar-refractivity contribution in [3.63, 3.8) is 0 Å². The van der Waals surface area contributed by atoms with E-state index in [4.69, 9.17) is 15.2 Å². The predicted molar refractivity (Wildman–Crippen MR) is 143 cm³/mol. The zero-order valence-corrected chi connectivity index (χ0v) is 22.0. The van der Waals surface area contributed by atoms with E-state index < -0.39 is 17.7 Å². The summed E-state index contributed by atoms with van der Waals surface area (Å²) in [5, 5.41) is 22.3. The lowest BCUT2D eigenvalue weighted by Gasteiger charge is -2.43. The number of amides is 2. The highest BCUT2D eigenvalue weighted by atomic mass is 16.5. The van der Waals surface area contributed by atoms with Gasteiger partial charge in [0.1, 0.15) is 11.5 Å². The fraction of sp³-hybridized carbons (Fsp3) is 0.552. The van der Waals surface area contributed by atoms with E-state index in [1.807, 2.05) is 60.4 Å². The molecule has 202 valence electrons. The molecule has 0 bridgehead atoms. The lowest BCUT2D eigenvalue weighted by Crippen LogP contribution is -2.51. The number of hydrogen-bond donors (Lipinski definition) is 3. The zero-order valence-electron chi connectivity index (χ0n) is 22.0. The zero-order chi connectivity index (χ0) is 26.4. The molecule has 2 aliphatic heterocycles. The van der Waals surface area contributed by atoms with E-state index in [1.54, 1.807) is 12.0 Å². The number of benzene rings is 2. The van der Waals surface area contributed by atoms with Crippen LogP contribution in [0.1, 0.15) is 43.2 Å². The molecule has 2 aromatic carbocycles. The standard InChI is InChI=1S/C29H41N3O5/c1-21-9-3-4-13-27(21)37-24-12-7-10-22(17-24)29(35,14-5-6-16-36-2)23-11-8-15-31(18-23)28(34)32-19-25(30)26(33)20-32/h3-4,7,9-10,12-13,17,23,25-26,33,35H,5-6,8,11,14-16,18-20,30H2,1-2H3/t23-,25-,26+,29-/m1/s1. The minimum Gasteiger partial charge on any atom is -0.457 e. The molecule has 2 aromatic rings. The third-order valence-corrected chi connectivity index (χ3v) is 7.78. The van der Waals surface area contributed by atoms with Gasteiger partial charge in [-0.05, 0) is 68.4 Å². The fourth-order valence-corrected chi connectivity index (χ4v) is 5.56. The van der Waals surface area contributed by atoms with Gasteiger partial charge in [-0.15, -0.1) is 0 Å². The van der Waals surface area contributed by atoms with Crippen LogP contribution in [0.4, 0.5) is 4.79 Å². The van der Waals surface area contributed by atoms with Crippen LogP contribution < -0.4 is 10.5 Å². The summed E-state index contributed by atoms with van der Waals surface area (Å²) in [4.78, 5) is 16.7. The number of nitrogens with two attached hydrogens (primary N) is 1. The topological polar surface area (TPSA) is 108 Å². The van der Waals surface area contributed by atoms with Crippen molar-refractivity contribution >= 4 is 6.03 Å². The highest BCUT2D eigenvalue weighted by Crippen LogP contribution is 2.41. The SMILES string of the molecule is COCCCC[C@@](O)(c1cccc(Oc2ccccc2C)c1)[C@@H]1CCCN(C(=O)N2C[C@@H](N)[C@@H](O)C2)C1. The van der Waals surface area contributed by atoms with Crippen molar-refractivity contribution in [1.82, 2.24) is 9.80 Å². The number of ether oxygens (including phenoxy) is 2. The molecule has 0 radical (unpaired) electrons. The van der Waals surface area contributed by atoms with Gasteiger partial charge in [-0.3, -0.25) is 0 Å². The number of carbonyl (C=O) groups is 1. The number of hydrogen-bond acceptors (Lipinski definition) is 6. The number of nitrogens with zero attached hydrogens (tertiary/aromatic N) is 2. The highest BCUT2D eigenvalue weighted by molar-refractivity contribution is 5.75. The molecular weight excluding hydrogens is 470 g/mol. The predicted octanol–water partition coefficient (Wildman–Crippen LogP) is 3.63. The van der Waals surface area contributed by atoms with Crippen LogP contribution in [0.5, 0.6) is 11.5 Å². The third-order valence-electron chi connectivity index (χ3n) is 7.78. The summed E-state index contributed by atoms with van der Waals surface area (Å²) in [6, 6.07) is 15.0. The molecule has 4 N–H and O–H groups in total. The Bertz CT molecular complexity index is 1040. The van der Waals surface area contributed by atoms with E-state index >= 15 is 0 Å². The van der Waals surface area contributed by atoms with Gasteiger partial charge in [0.25, 0.3) is 0 Å². The first-order chi connectivity index (χ1) is 17.8. The second kappa shape index (κ2) is 12.3. The number of aliphatic hydroxyl groups is 2. The highest BCUT2D eigenvalue weighted by Gasteiger charge is 2.43. The van der Waals surface area contributed by atoms with Gasteiger partial charge in [-0.2, -0.15) is 0 Å². The molecular formula is C29H41N3O5. The second-order valence-electron chi connectivity index (χ2n) is 10.5. The molecule has 2 amide bonds. The summed E-state index contributed by atoms with van der Waals surface area (Å²) in [5.74, 6) is 1.32. The minimum atomic E-state index is -1.13. The summed E-state index contributed by atoms with van der Waals surface area (Å²) in [6.07, 6.45) is 3.12. The molecule has 2 heterocycles. The Morgan fingerprint density at radius 1 is 1.11 bits per heavy atom. The molecule has 2 saturated heterocycles. The van der Waals surface area contributed by atoms with E-state index in [-0.39, 0.29) is 18.5 Å². The maximum atomic E-state index is 13.3. The molecule has 2 aliphatic rings. The number of urea groups is 1. The van der Waals surface area contributed by atoms with Gasteiger partial charge in [0.05, 0.1) is 11.7 Å². The van der Waals surface area contributed by atoms with E-state index in [2.05, 4.69) is 0 Å². The lowest BCUT2D eigenvalue weighted by atomic mass is 9.74. The van der Waals surface area contributed by atoms with Gasteiger partial charge in [0.2, 0.25) is 0 Å². The number of likely N-dealkylation sites (tertiary alicyclic amines) is 2. The van der Waals surface area contributed by atoms with Crippen LogP contribution in [0.25, 0.3) is 0 Å². The quantitative estimate of drug-likeness (QED) is 0.444. The maximum Gasteiger partial charge on any atom is 0.320 e. The Balaban J connectivity index is 1.56. The van der Waals surface area contributed by atoms with Gasteiger partial charge in [-0.25, -0.2) is 4.79 Å². The molecule has 4 rings (SSSR count). The average molecular weight is 512 g/mol.